The van der Waals surface area contributed by atoms with E-state index in [0.29, 0.717) is 38.0 Å². The van der Waals surface area contributed by atoms with Crippen LogP contribution in [0.25, 0.3) is 0 Å². The molecular weight excluding hydrogens is 265 g/mol. The smallest absolute Gasteiger partial charge is 0.352 e. The SMILES string of the molecule is CCCOc1nn(C2CCC(F)CC2)c(C)c1[N+](=O)[O-]. The minimum Gasteiger partial charge on any atom is -0.472 e. The fraction of sp³-hybridized carbons (Fsp3) is 0.769. The summed E-state index contributed by atoms with van der Waals surface area (Å²) in [7, 11) is 0. The molecule has 1 aromatic rings. The van der Waals surface area contributed by atoms with Crippen LogP contribution in [-0.2, 0) is 0 Å². The summed E-state index contributed by atoms with van der Waals surface area (Å²) in [5, 5.41) is 15.4. The first-order valence-corrected chi connectivity index (χ1v) is 7.05. The molecule has 2 rings (SSSR count). The van der Waals surface area contributed by atoms with Gasteiger partial charge in [-0.15, -0.1) is 5.10 Å². The minimum atomic E-state index is -0.757. The summed E-state index contributed by atoms with van der Waals surface area (Å²) < 4.78 is 20.2. The van der Waals surface area contributed by atoms with Crippen LogP contribution < -0.4 is 4.74 Å². The van der Waals surface area contributed by atoms with Crippen LogP contribution in [0.2, 0.25) is 0 Å². The molecule has 0 N–H and O–H groups in total. The lowest BCUT2D eigenvalue weighted by molar-refractivity contribution is -0.386. The zero-order chi connectivity index (χ0) is 14.7. The number of nitro groups is 1. The van der Waals surface area contributed by atoms with E-state index in [2.05, 4.69) is 5.10 Å². The van der Waals surface area contributed by atoms with Crippen LogP contribution in [0, 0.1) is 17.0 Å². The lowest BCUT2D eigenvalue weighted by atomic mass is 9.94. The maximum Gasteiger partial charge on any atom is 0.352 e. The van der Waals surface area contributed by atoms with Gasteiger partial charge in [-0.3, -0.25) is 14.8 Å². The van der Waals surface area contributed by atoms with E-state index >= 15 is 0 Å². The molecule has 1 aromatic heterocycles. The fourth-order valence-corrected chi connectivity index (χ4v) is 2.62. The van der Waals surface area contributed by atoms with Gasteiger partial charge in [0.15, 0.2) is 0 Å². The predicted molar refractivity (Wildman–Crippen MR) is 71.8 cm³/mol. The molecule has 0 amide bonds. The van der Waals surface area contributed by atoms with Crippen molar-refractivity contribution in [2.75, 3.05) is 6.61 Å². The molecule has 0 aliphatic heterocycles. The maximum absolute atomic E-state index is 13.2. The normalized spacial score (nSPS) is 22.8. The quantitative estimate of drug-likeness (QED) is 0.614. The molecule has 112 valence electrons. The van der Waals surface area contributed by atoms with Crippen molar-refractivity contribution < 1.29 is 14.1 Å². The van der Waals surface area contributed by atoms with E-state index in [-0.39, 0.29) is 17.6 Å². The molecule has 0 unspecified atom stereocenters. The monoisotopic (exact) mass is 285 g/mol. The third-order valence-corrected chi connectivity index (χ3v) is 3.69. The van der Waals surface area contributed by atoms with Gasteiger partial charge in [0.25, 0.3) is 0 Å². The lowest BCUT2D eigenvalue weighted by Crippen LogP contribution is -2.20. The molecule has 0 spiro atoms. The fourth-order valence-electron chi connectivity index (χ4n) is 2.62. The highest BCUT2D eigenvalue weighted by Gasteiger charge is 2.31. The number of halogens is 1. The van der Waals surface area contributed by atoms with E-state index in [4.69, 9.17) is 4.74 Å². The number of alkyl halides is 1. The van der Waals surface area contributed by atoms with Crippen molar-refractivity contribution in [2.24, 2.45) is 0 Å². The first-order chi connectivity index (χ1) is 9.54. The highest BCUT2D eigenvalue weighted by atomic mass is 19.1. The van der Waals surface area contributed by atoms with Gasteiger partial charge in [0.1, 0.15) is 11.9 Å². The van der Waals surface area contributed by atoms with Gasteiger partial charge < -0.3 is 4.74 Å². The summed E-state index contributed by atoms with van der Waals surface area (Å²) in [5.74, 6) is 0.0803. The highest BCUT2D eigenvalue weighted by Crippen LogP contribution is 2.36. The van der Waals surface area contributed by atoms with Crippen LogP contribution >= 0.6 is 0 Å². The van der Waals surface area contributed by atoms with Crippen molar-refractivity contribution in [1.82, 2.24) is 9.78 Å². The molecule has 0 radical (unpaired) electrons. The Balaban J connectivity index is 2.27. The van der Waals surface area contributed by atoms with Gasteiger partial charge in [-0.05, 0) is 39.0 Å². The zero-order valence-corrected chi connectivity index (χ0v) is 11.8. The first-order valence-electron chi connectivity index (χ1n) is 7.05. The number of aromatic nitrogens is 2. The Morgan fingerprint density at radius 3 is 2.65 bits per heavy atom. The molecule has 0 saturated heterocycles. The van der Waals surface area contributed by atoms with Crippen LogP contribution in [0.4, 0.5) is 10.1 Å². The van der Waals surface area contributed by atoms with Crippen LogP contribution in [0.5, 0.6) is 5.88 Å². The molecule has 0 aromatic carbocycles. The van der Waals surface area contributed by atoms with Gasteiger partial charge in [-0.1, -0.05) is 6.92 Å². The number of ether oxygens (including phenoxy) is 1. The van der Waals surface area contributed by atoms with Gasteiger partial charge in [-0.25, -0.2) is 4.39 Å². The van der Waals surface area contributed by atoms with Crippen molar-refractivity contribution >= 4 is 5.69 Å². The summed E-state index contributed by atoms with van der Waals surface area (Å²) in [6.07, 6.45) is 2.30. The molecule has 20 heavy (non-hydrogen) atoms. The summed E-state index contributed by atoms with van der Waals surface area (Å²) in [6.45, 7) is 4.00. The molecule has 6 nitrogen and oxygen atoms in total. The summed E-state index contributed by atoms with van der Waals surface area (Å²) in [6, 6.07) is 0.0275. The summed E-state index contributed by atoms with van der Waals surface area (Å²) >= 11 is 0. The standard InChI is InChI=1S/C13H20FN3O3/c1-3-8-20-13-12(17(18)19)9(2)16(15-13)11-6-4-10(14)5-7-11/h10-11H,3-8H2,1-2H3. The van der Waals surface area contributed by atoms with Crippen molar-refractivity contribution in [3.8, 4) is 5.88 Å². The van der Waals surface area contributed by atoms with Gasteiger partial charge in [-0.2, -0.15) is 0 Å². The largest absolute Gasteiger partial charge is 0.472 e. The second kappa shape index (κ2) is 6.19. The Morgan fingerprint density at radius 1 is 1.45 bits per heavy atom. The van der Waals surface area contributed by atoms with Crippen LogP contribution in [0.1, 0.15) is 50.8 Å². The Bertz CT molecular complexity index is 481. The Morgan fingerprint density at radius 2 is 2.10 bits per heavy atom. The second-order valence-corrected chi connectivity index (χ2v) is 5.20. The molecule has 0 atom stereocenters. The van der Waals surface area contributed by atoms with E-state index in [1.54, 1.807) is 11.6 Å². The number of nitrogens with zero attached hydrogens (tertiary/aromatic N) is 3. The van der Waals surface area contributed by atoms with E-state index in [1.807, 2.05) is 6.92 Å². The van der Waals surface area contributed by atoms with E-state index in [1.165, 1.54) is 0 Å². The van der Waals surface area contributed by atoms with Crippen molar-refractivity contribution in [1.29, 1.82) is 0 Å². The van der Waals surface area contributed by atoms with E-state index < -0.39 is 11.1 Å². The number of hydrogen-bond acceptors (Lipinski definition) is 4. The topological polar surface area (TPSA) is 70.2 Å². The first kappa shape index (κ1) is 14.7. The predicted octanol–water partition coefficient (Wildman–Crippen LogP) is 3.34. The average molecular weight is 285 g/mol. The number of hydrogen-bond donors (Lipinski definition) is 0. The second-order valence-electron chi connectivity index (χ2n) is 5.20. The molecule has 7 heteroatoms. The zero-order valence-electron chi connectivity index (χ0n) is 11.8. The van der Waals surface area contributed by atoms with Gasteiger partial charge in [0.05, 0.1) is 17.6 Å². The molecule has 1 aliphatic carbocycles. The molecule has 1 saturated carbocycles. The molecule has 1 heterocycles. The van der Waals surface area contributed by atoms with E-state index in [9.17, 15) is 14.5 Å². The highest BCUT2D eigenvalue weighted by molar-refractivity contribution is 5.45. The van der Waals surface area contributed by atoms with Gasteiger partial charge in [0, 0.05) is 0 Å². The maximum atomic E-state index is 13.2. The molecule has 1 fully saturated rings. The Kier molecular flexibility index (Phi) is 4.57. The van der Waals surface area contributed by atoms with Crippen molar-refractivity contribution in [3.05, 3.63) is 15.8 Å². The van der Waals surface area contributed by atoms with E-state index in [0.717, 1.165) is 6.42 Å². The van der Waals surface area contributed by atoms with Gasteiger partial charge >= 0.3 is 11.6 Å². The summed E-state index contributed by atoms with van der Waals surface area (Å²) in [5.41, 5.74) is 0.421. The Labute approximate surface area is 117 Å². The van der Waals surface area contributed by atoms with Crippen LogP contribution in [0.3, 0.4) is 0 Å². The van der Waals surface area contributed by atoms with Crippen LogP contribution in [-0.4, -0.2) is 27.5 Å². The lowest BCUT2D eigenvalue weighted by Gasteiger charge is -2.24. The minimum absolute atomic E-state index is 0.0275. The number of rotatable bonds is 5. The third-order valence-electron chi connectivity index (χ3n) is 3.69. The van der Waals surface area contributed by atoms with Crippen LogP contribution in [0.15, 0.2) is 0 Å². The summed E-state index contributed by atoms with van der Waals surface area (Å²) in [4.78, 5) is 10.7. The van der Waals surface area contributed by atoms with Gasteiger partial charge in [0.2, 0.25) is 0 Å². The Hall–Kier alpha value is -1.66. The average Bonchev–Trinajstić information content (AvgIpc) is 2.74. The van der Waals surface area contributed by atoms with Crippen molar-refractivity contribution in [2.45, 2.75) is 58.2 Å². The third kappa shape index (κ3) is 2.91. The van der Waals surface area contributed by atoms with Crippen molar-refractivity contribution in [3.63, 3.8) is 0 Å². The molecule has 0 bridgehead atoms. The molecule has 1 aliphatic rings. The molecular formula is C13H20FN3O3.